The Bertz CT molecular complexity index is 281. The molecule has 0 aromatic heterocycles. The van der Waals surface area contributed by atoms with Crippen LogP contribution in [0.4, 0.5) is 0 Å². The minimum absolute atomic E-state index is 0.694. The fraction of sp³-hybridized carbons (Fsp3) is 0.200. The van der Waals surface area contributed by atoms with Crippen LogP contribution in [-0.4, -0.2) is 6.54 Å². The zero-order chi connectivity index (χ0) is 8.97. The van der Waals surface area contributed by atoms with E-state index in [2.05, 4.69) is 34.6 Å². The van der Waals surface area contributed by atoms with Gasteiger partial charge in [0.25, 0.3) is 0 Å². The molecule has 0 spiro atoms. The standard InChI is InChI=1S/C10H12BrN/c1-2-9-4-3-8(5-6-12)7-10(9)11/h2-4,7H,1,5-6,12H2. The summed E-state index contributed by atoms with van der Waals surface area (Å²) in [6.45, 7) is 4.41. The van der Waals surface area contributed by atoms with E-state index in [1.807, 2.05) is 12.1 Å². The van der Waals surface area contributed by atoms with Crippen molar-refractivity contribution in [2.45, 2.75) is 6.42 Å². The molecule has 64 valence electrons. The molecule has 0 aliphatic rings. The van der Waals surface area contributed by atoms with Gasteiger partial charge in [0.1, 0.15) is 0 Å². The van der Waals surface area contributed by atoms with E-state index in [4.69, 9.17) is 5.73 Å². The maximum absolute atomic E-state index is 5.45. The summed E-state index contributed by atoms with van der Waals surface area (Å²) in [5.41, 5.74) is 7.83. The van der Waals surface area contributed by atoms with E-state index in [1.165, 1.54) is 5.56 Å². The highest BCUT2D eigenvalue weighted by Gasteiger charge is 1.96. The van der Waals surface area contributed by atoms with E-state index in [0.717, 1.165) is 16.5 Å². The molecule has 12 heavy (non-hydrogen) atoms. The molecule has 0 heterocycles. The third kappa shape index (κ3) is 2.19. The second-order valence-electron chi connectivity index (χ2n) is 2.60. The molecule has 1 nitrogen and oxygen atoms in total. The van der Waals surface area contributed by atoms with Gasteiger partial charge in [-0.3, -0.25) is 0 Å². The highest BCUT2D eigenvalue weighted by atomic mass is 79.9. The first-order valence-corrected chi connectivity index (χ1v) is 4.68. The molecule has 0 aliphatic heterocycles. The van der Waals surface area contributed by atoms with Crippen LogP contribution >= 0.6 is 15.9 Å². The summed E-state index contributed by atoms with van der Waals surface area (Å²) in [5, 5.41) is 0. The van der Waals surface area contributed by atoms with Crippen molar-refractivity contribution in [2.24, 2.45) is 5.73 Å². The zero-order valence-electron chi connectivity index (χ0n) is 6.89. The molecule has 0 unspecified atom stereocenters. The first kappa shape index (κ1) is 9.49. The van der Waals surface area contributed by atoms with Crippen molar-refractivity contribution < 1.29 is 0 Å². The largest absolute Gasteiger partial charge is 0.330 e. The Labute approximate surface area is 81.4 Å². The topological polar surface area (TPSA) is 26.0 Å². The minimum atomic E-state index is 0.694. The smallest absolute Gasteiger partial charge is 0.0250 e. The van der Waals surface area contributed by atoms with Crippen molar-refractivity contribution >= 4 is 22.0 Å². The molecular weight excluding hydrogens is 214 g/mol. The minimum Gasteiger partial charge on any atom is -0.330 e. The van der Waals surface area contributed by atoms with Gasteiger partial charge in [-0.15, -0.1) is 0 Å². The predicted molar refractivity (Wildman–Crippen MR) is 57.0 cm³/mol. The van der Waals surface area contributed by atoms with Crippen molar-refractivity contribution in [1.82, 2.24) is 0 Å². The Morgan fingerprint density at radius 1 is 1.50 bits per heavy atom. The van der Waals surface area contributed by atoms with Crippen LogP contribution in [0, 0.1) is 0 Å². The molecule has 0 radical (unpaired) electrons. The van der Waals surface area contributed by atoms with Crippen LogP contribution in [0.2, 0.25) is 0 Å². The van der Waals surface area contributed by atoms with E-state index in [0.29, 0.717) is 6.54 Å². The van der Waals surface area contributed by atoms with Crippen molar-refractivity contribution in [3.63, 3.8) is 0 Å². The molecule has 0 aliphatic carbocycles. The number of nitrogens with two attached hydrogens (primary N) is 1. The van der Waals surface area contributed by atoms with E-state index >= 15 is 0 Å². The average molecular weight is 226 g/mol. The normalized spacial score (nSPS) is 9.83. The molecule has 2 N–H and O–H groups in total. The van der Waals surface area contributed by atoms with E-state index in [9.17, 15) is 0 Å². The summed E-state index contributed by atoms with van der Waals surface area (Å²) in [7, 11) is 0. The van der Waals surface area contributed by atoms with Gasteiger partial charge in [-0.2, -0.15) is 0 Å². The molecule has 0 saturated carbocycles. The van der Waals surface area contributed by atoms with Crippen LogP contribution < -0.4 is 5.73 Å². The van der Waals surface area contributed by atoms with Crippen LogP contribution in [0.3, 0.4) is 0 Å². The van der Waals surface area contributed by atoms with Gasteiger partial charge in [0.05, 0.1) is 0 Å². The second-order valence-corrected chi connectivity index (χ2v) is 3.45. The SMILES string of the molecule is C=Cc1ccc(CCN)cc1Br. The lowest BCUT2D eigenvalue weighted by atomic mass is 10.1. The molecule has 1 aromatic carbocycles. The van der Waals surface area contributed by atoms with E-state index < -0.39 is 0 Å². The zero-order valence-corrected chi connectivity index (χ0v) is 8.47. The molecule has 1 aromatic rings. The lowest BCUT2D eigenvalue weighted by Gasteiger charge is -2.02. The number of rotatable bonds is 3. The maximum Gasteiger partial charge on any atom is 0.0250 e. The third-order valence-corrected chi connectivity index (χ3v) is 2.40. The monoisotopic (exact) mass is 225 g/mol. The maximum atomic E-state index is 5.45. The predicted octanol–water partition coefficient (Wildman–Crippen LogP) is 2.59. The van der Waals surface area contributed by atoms with Crippen molar-refractivity contribution in [3.05, 3.63) is 40.4 Å². The van der Waals surface area contributed by atoms with Crippen molar-refractivity contribution in [1.29, 1.82) is 0 Å². The summed E-state index contributed by atoms with van der Waals surface area (Å²) >= 11 is 3.47. The first-order valence-electron chi connectivity index (χ1n) is 3.89. The fourth-order valence-corrected chi connectivity index (χ4v) is 1.65. The third-order valence-electron chi connectivity index (χ3n) is 1.72. The Morgan fingerprint density at radius 3 is 2.75 bits per heavy atom. The summed E-state index contributed by atoms with van der Waals surface area (Å²) in [4.78, 5) is 0. The molecule has 2 heteroatoms. The van der Waals surface area contributed by atoms with Gasteiger partial charge in [-0.25, -0.2) is 0 Å². The highest BCUT2D eigenvalue weighted by Crippen LogP contribution is 2.19. The Hall–Kier alpha value is -0.600. The van der Waals surface area contributed by atoms with Crippen LogP contribution in [0.25, 0.3) is 6.08 Å². The second kappa shape index (κ2) is 4.43. The lowest BCUT2D eigenvalue weighted by Crippen LogP contribution is -2.02. The van der Waals surface area contributed by atoms with Gasteiger partial charge in [-0.1, -0.05) is 40.7 Å². The van der Waals surface area contributed by atoms with Crippen molar-refractivity contribution in [3.8, 4) is 0 Å². The number of benzene rings is 1. The van der Waals surface area contributed by atoms with Crippen LogP contribution in [0.15, 0.2) is 29.3 Å². The summed E-state index contributed by atoms with van der Waals surface area (Å²) in [5.74, 6) is 0. The Kier molecular flexibility index (Phi) is 3.50. The summed E-state index contributed by atoms with van der Waals surface area (Å²) in [6, 6.07) is 6.21. The van der Waals surface area contributed by atoms with Gasteiger partial charge in [-0.05, 0) is 30.2 Å². The molecule has 0 bridgehead atoms. The summed E-state index contributed by atoms with van der Waals surface area (Å²) < 4.78 is 1.09. The highest BCUT2D eigenvalue weighted by molar-refractivity contribution is 9.10. The number of hydrogen-bond acceptors (Lipinski definition) is 1. The molecule has 0 amide bonds. The Morgan fingerprint density at radius 2 is 2.25 bits per heavy atom. The Balaban J connectivity index is 2.93. The van der Waals surface area contributed by atoms with Gasteiger partial charge < -0.3 is 5.73 Å². The average Bonchev–Trinajstić information content (AvgIpc) is 2.05. The van der Waals surface area contributed by atoms with Crippen LogP contribution in [-0.2, 0) is 6.42 Å². The quantitative estimate of drug-likeness (QED) is 0.842. The fourth-order valence-electron chi connectivity index (χ4n) is 1.06. The number of hydrogen-bond donors (Lipinski definition) is 1. The van der Waals surface area contributed by atoms with Gasteiger partial charge in [0.2, 0.25) is 0 Å². The summed E-state index contributed by atoms with van der Waals surface area (Å²) in [6.07, 6.45) is 2.76. The van der Waals surface area contributed by atoms with E-state index in [-0.39, 0.29) is 0 Å². The van der Waals surface area contributed by atoms with E-state index in [1.54, 1.807) is 0 Å². The molecule has 0 fully saturated rings. The van der Waals surface area contributed by atoms with Gasteiger partial charge in [0, 0.05) is 4.47 Å². The molecule has 1 rings (SSSR count). The van der Waals surface area contributed by atoms with Gasteiger partial charge in [0.15, 0.2) is 0 Å². The van der Waals surface area contributed by atoms with Gasteiger partial charge >= 0.3 is 0 Å². The molecular formula is C10H12BrN. The molecule has 0 saturated heterocycles. The molecule has 0 atom stereocenters. The van der Waals surface area contributed by atoms with Crippen LogP contribution in [0.1, 0.15) is 11.1 Å². The first-order chi connectivity index (χ1) is 5.77. The van der Waals surface area contributed by atoms with Crippen molar-refractivity contribution in [2.75, 3.05) is 6.54 Å². The lowest BCUT2D eigenvalue weighted by molar-refractivity contribution is 0.967. The van der Waals surface area contributed by atoms with Crippen LogP contribution in [0.5, 0.6) is 0 Å². The number of halogens is 1.